The quantitative estimate of drug-likeness (QED) is 0.457. The molecular formula is C19H21ClF4O2. The van der Waals surface area contributed by atoms with Crippen LogP contribution in [0, 0.1) is 23.1 Å². The fraction of sp³-hybridized carbons (Fsp3) is 0.526. The predicted octanol–water partition coefficient (Wildman–Crippen LogP) is 5.95. The van der Waals surface area contributed by atoms with E-state index in [2.05, 4.69) is 0 Å². The third-order valence-corrected chi connectivity index (χ3v) is 5.20. The molecule has 0 aliphatic heterocycles. The lowest BCUT2D eigenvalue weighted by atomic mass is 10.00. The zero-order valence-corrected chi connectivity index (χ0v) is 15.7. The summed E-state index contributed by atoms with van der Waals surface area (Å²) in [6.45, 7) is 6.77. The third-order valence-electron chi connectivity index (χ3n) is 4.86. The van der Waals surface area contributed by atoms with Gasteiger partial charge in [0.05, 0.1) is 5.92 Å². The van der Waals surface area contributed by atoms with Crippen molar-refractivity contribution in [2.45, 2.75) is 46.4 Å². The number of benzene rings is 1. The molecule has 2 nitrogen and oxygen atoms in total. The van der Waals surface area contributed by atoms with E-state index < -0.39 is 40.2 Å². The van der Waals surface area contributed by atoms with Crippen molar-refractivity contribution in [1.29, 1.82) is 0 Å². The zero-order valence-electron chi connectivity index (χ0n) is 15.0. The van der Waals surface area contributed by atoms with E-state index in [1.54, 1.807) is 26.0 Å². The summed E-state index contributed by atoms with van der Waals surface area (Å²) in [7, 11) is 0. The Hall–Kier alpha value is -1.56. The molecule has 0 aromatic heterocycles. The standard InChI is InChI=1S/C19H21ClF4O2/c1-10(2)12-7-5-6-11(16(12)21)9-26-17(25)15-13(18(15,3)4)8-14(20)19(22,23)24/h5-8,10,13,15H,9H2,1-4H3/b14-8+/t13-,15-/m0/s1. The lowest BCUT2D eigenvalue weighted by Crippen LogP contribution is -2.12. The Bertz CT molecular complexity index is 723. The first-order valence-electron chi connectivity index (χ1n) is 8.25. The maximum Gasteiger partial charge on any atom is 0.426 e. The minimum Gasteiger partial charge on any atom is -0.460 e. The van der Waals surface area contributed by atoms with E-state index in [0.717, 1.165) is 6.08 Å². The van der Waals surface area contributed by atoms with Gasteiger partial charge in [-0.05, 0) is 22.8 Å². The summed E-state index contributed by atoms with van der Waals surface area (Å²) in [5.74, 6) is -2.52. The van der Waals surface area contributed by atoms with Crippen LogP contribution in [0.4, 0.5) is 17.6 Å². The Kier molecular flexibility index (Phi) is 5.76. The van der Waals surface area contributed by atoms with Crippen molar-refractivity contribution >= 4 is 17.6 Å². The summed E-state index contributed by atoms with van der Waals surface area (Å²) >= 11 is 5.26. The number of allylic oxidation sites excluding steroid dienone is 2. The first-order chi connectivity index (χ1) is 11.9. The highest BCUT2D eigenvalue weighted by Crippen LogP contribution is 2.60. The van der Waals surface area contributed by atoms with E-state index in [0.29, 0.717) is 5.56 Å². The zero-order chi connectivity index (χ0) is 19.9. The Labute approximate surface area is 155 Å². The van der Waals surface area contributed by atoms with Gasteiger partial charge in [0.25, 0.3) is 0 Å². The van der Waals surface area contributed by atoms with Crippen molar-refractivity contribution in [2.24, 2.45) is 17.3 Å². The molecule has 2 rings (SSSR count). The van der Waals surface area contributed by atoms with Gasteiger partial charge in [0, 0.05) is 5.56 Å². The first-order valence-corrected chi connectivity index (χ1v) is 8.63. The second-order valence-corrected chi connectivity index (χ2v) is 7.83. The van der Waals surface area contributed by atoms with Gasteiger partial charge < -0.3 is 4.74 Å². The van der Waals surface area contributed by atoms with Crippen molar-refractivity contribution in [3.05, 3.63) is 46.3 Å². The molecule has 0 bridgehead atoms. The second kappa shape index (κ2) is 7.22. The molecule has 0 saturated heterocycles. The van der Waals surface area contributed by atoms with Crippen molar-refractivity contribution < 1.29 is 27.1 Å². The number of hydrogen-bond donors (Lipinski definition) is 0. The summed E-state index contributed by atoms with van der Waals surface area (Å²) in [4.78, 5) is 12.3. The van der Waals surface area contributed by atoms with Crippen LogP contribution in [0.25, 0.3) is 0 Å². The molecule has 2 atom stereocenters. The number of carbonyl (C=O) groups excluding carboxylic acids is 1. The summed E-state index contributed by atoms with van der Waals surface area (Å²) in [6.07, 6.45) is -3.79. The molecular weight excluding hydrogens is 372 g/mol. The molecule has 0 unspecified atom stereocenters. The van der Waals surface area contributed by atoms with Gasteiger partial charge in [-0.1, -0.05) is 63.6 Å². The molecule has 0 spiro atoms. The number of halogens is 5. The number of hydrogen-bond acceptors (Lipinski definition) is 2. The van der Waals surface area contributed by atoms with Crippen molar-refractivity contribution in [3.63, 3.8) is 0 Å². The third kappa shape index (κ3) is 4.22. The Morgan fingerprint density at radius 2 is 1.96 bits per heavy atom. The predicted molar refractivity (Wildman–Crippen MR) is 91.0 cm³/mol. The molecule has 1 aliphatic rings. The molecule has 0 N–H and O–H groups in total. The number of esters is 1. The Morgan fingerprint density at radius 1 is 1.35 bits per heavy atom. The number of ether oxygens (including phenoxy) is 1. The minimum absolute atomic E-state index is 0.0213. The molecule has 1 saturated carbocycles. The monoisotopic (exact) mass is 392 g/mol. The van der Waals surface area contributed by atoms with E-state index in [-0.39, 0.29) is 18.1 Å². The molecule has 0 heterocycles. The molecule has 1 aromatic carbocycles. The summed E-state index contributed by atoms with van der Waals surface area (Å²) in [6, 6.07) is 4.86. The number of rotatable bonds is 5. The van der Waals surface area contributed by atoms with Gasteiger partial charge in [0.2, 0.25) is 0 Å². The lowest BCUT2D eigenvalue weighted by molar-refractivity contribution is -0.147. The van der Waals surface area contributed by atoms with Crippen LogP contribution in [0.1, 0.15) is 44.7 Å². The van der Waals surface area contributed by atoms with Crippen LogP contribution in [0.5, 0.6) is 0 Å². The highest BCUT2D eigenvalue weighted by atomic mass is 35.5. The fourth-order valence-corrected chi connectivity index (χ4v) is 3.22. The van der Waals surface area contributed by atoms with Crippen LogP contribution in [-0.2, 0) is 16.1 Å². The average molecular weight is 393 g/mol. The van der Waals surface area contributed by atoms with E-state index in [9.17, 15) is 22.4 Å². The average Bonchev–Trinajstić information content (AvgIpc) is 3.05. The molecule has 1 fully saturated rings. The normalized spacial score (nSPS) is 22.5. The van der Waals surface area contributed by atoms with Crippen LogP contribution in [0.3, 0.4) is 0 Å². The minimum atomic E-state index is -4.64. The van der Waals surface area contributed by atoms with Crippen LogP contribution >= 0.6 is 11.6 Å². The van der Waals surface area contributed by atoms with Crippen LogP contribution in [0.15, 0.2) is 29.3 Å². The van der Waals surface area contributed by atoms with E-state index in [1.165, 1.54) is 6.07 Å². The van der Waals surface area contributed by atoms with E-state index in [4.69, 9.17) is 16.3 Å². The highest BCUT2D eigenvalue weighted by molar-refractivity contribution is 6.30. The second-order valence-electron chi connectivity index (χ2n) is 7.42. The van der Waals surface area contributed by atoms with E-state index >= 15 is 0 Å². The smallest absolute Gasteiger partial charge is 0.426 e. The van der Waals surface area contributed by atoms with Gasteiger partial charge in [0.1, 0.15) is 17.5 Å². The summed E-state index contributed by atoms with van der Waals surface area (Å²) in [5, 5.41) is -1.25. The van der Waals surface area contributed by atoms with Gasteiger partial charge in [0.15, 0.2) is 0 Å². The van der Waals surface area contributed by atoms with Crippen molar-refractivity contribution in [2.75, 3.05) is 0 Å². The number of carbonyl (C=O) groups is 1. The van der Waals surface area contributed by atoms with Crippen molar-refractivity contribution in [1.82, 2.24) is 0 Å². The largest absolute Gasteiger partial charge is 0.460 e. The molecule has 0 amide bonds. The molecule has 1 aromatic rings. The summed E-state index contributed by atoms with van der Waals surface area (Å²) in [5.41, 5.74) is 0.0624. The molecule has 26 heavy (non-hydrogen) atoms. The molecule has 7 heteroatoms. The molecule has 1 aliphatic carbocycles. The van der Waals surface area contributed by atoms with Gasteiger partial charge in [-0.15, -0.1) is 0 Å². The first kappa shape index (κ1) is 20.7. The van der Waals surface area contributed by atoms with Crippen LogP contribution in [0.2, 0.25) is 0 Å². The topological polar surface area (TPSA) is 26.3 Å². The van der Waals surface area contributed by atoms with Crippen LogP contribution < -0.4 is 0 Å². The molecule has 0 radical (unpaired) electrons. The molecule has 144 valence electrons. The lowest BCUT2D eigenvalue weighted by Gasteiger charge is -2.11. The van der Waals surface area contributed by atoms with Gasteiger partial charge in [-0.25, -0.2) is 4.39 Å². The number of alkyl halides is 3. The Morgan fingerprint density at radius 3 is 2.50 bits per heavy atom. The van der Waals surface area contributed by atoms with Gasteiger partial charge >= 0.3 is 12.1 Å². The van der Waals surface area contributed by atoms with Gasteiger partial charge in [-0.3, -0.25) is 4.79 Å². The summed E-state index contributed by atoms with van der Waals surface area (Å²) < 4.78 is 57.3. The van der Waals surface area contributed by atoms with E-state index in [1.807, 2.05) is 13.8 Å². The Balaban J connectivity index is 2.07. The van der Waals surface area contributed by atoms with Gasteiger partial charge in [-0.2, -0.15) is 13.2 Å². The van der Waals surface area contributed by atoms with Crippen molar-refractivity contribution in [3.8, 4) is 0 Å². The van der Waals surface area contributed by atoms with Crippen LogP contribution in [-0.4, -0.2) is 12.1 Å². The highest BCUT2D eigenvalue weighted by Gasteiger charge is 2.62. The SMILES string of the molecule is CC(C)c1cccc(COC(=O)[C@@H]2[C@H](/C=C(/Cl)C(F)(F)F)C2(C)C)c1F. The fourth-order valence-electron chi connectivity index (χ4n) is 3.09. The maximum absolute atomic E-state index is 14.4. The maximum atomic E-state index is 14.4.